The van der Waals surface area contributed by atoms with Gasteiger partial charge in [-0.25, -0.2) is 0 Å². The summed E-state index contributed by atoms with van der Waals surface area (Å²) in [5.41, 5.74) is 0.500. The van der Waals surface area contributed by atoms with Crippen molar-refractivity contribution < 1.29 is 30.0 Å². The number of fused-ring (bicyclic) bond motifs is 1. The van der Waals surface area contributed by atoms with Crippen LogP contribution in [-0.2, 0) is 14.9 Å². The Labute approximate surface area is 152 Å². The monoisotopic (exact) mass is 362 g/mol. The van der Waals surface area contributed by atoms with Crippen LogP contribution < -0.4 is 0 Å². The molecule has 2 bridgehead atoms. The largest absolute Gasteiger partial charge is 0.504 e. The summed E-state index contributed by atoms with van der Waals surface area (Å²) in [6.07, 6.45) is 2.68. The van der Waals surface area contributed by atoms with Crippen molar-refractivity contribution in [2.75, 3.05) is 13.2 Å². The Hall–Kier alpha value is -1.79. The zero-order chi connectivity index (χ0) is 18.9. The summed E-state index contributed by atoms with van der Waals surface area (Å²) in [4.78, 5) is 13.0. The summed E-state index contributed by atoms with van der Waals surface area (Å²) in [6.45, 7) is 3.61. The highest BCUT2D eigenvalue weighted by molar-refractivity contribution is 5.89. The number of phenols is 2. The fourth-order valence-electron chi connectivity index (χ4n) is 5.68. The van der Waals surface area contributed by atoms with Gasteiger partial charge in [0.25, 0.3) is 0 Å². The van der Waals surface area contributed by atoms with E-state index in [1.165, 1.54) is 0 Å². The highest BCUT2D eigenvalue weighted by Crippen LogP contribution is 2.66. The van der Waals surface area contributed by atoms with E-state index in [1.54, 1.807) is 6.07 Å². The minimum absolute atomic E-state index is 0.0464. The smallest absolute Gasteiger partial charge is 0.317 e. The number of aliphatic hydroxyl groups is 2. The maximum Gasteiger partial charge on any atom is 0.317 e. The molecule has 2 aliphatic carbocycles. The van der Waals surface area contributed by atoms with E-state index in [1.807, 2.05) is 0 Å². The van der Waals surface area contributed by atoms with Crippen LogP contribution in [-0.4, -0.2) is 39.6 Å². The molecule has 1 saturated carbocycles. The van der Waals surface area contributed by atoms with Gasteiger partial charge in [-0.2, -0.15) is 0 Å². The third kappa shape index (κ3) is 2.03. The molecule has 0 amide bonds. The first-order valence-corrected chi connectivity index (χ1v) is 9.30. The molecule has 2 unspecified atom stereocenters. The van der Waals surface area contributed by atoms with E-state index in [4.69, 9.17) is 4.74 Å². The van der Waals surface area contributed by atoms with Gasteiger partial charge in [0.15, 0.2) is 11.5 Å². The van der Waals surface area contributed by atoms with Crippen LogP contribution >= 0.6 is 0 Å². The van der Waals surface area contributed by atoms with Gasteiger partial charge in [-0.3, -0.25) is 4.79 Å². The van der Waals surface area contributed by atoms with E-state index < -0.39 is 17.4 Å². The van der Waals surface area contributed by atoms with E-state index in [-0.39, 0.29) is 47.6 Å². The van der Waals surface area contributed by atoms with Gasteiger partial charge in [-0.1, -0.05) is 20.3 Å². The van der Waals surface area contributed by atoms with Crippen molar-refractivity contribution in [2.24, 2.45) is 11.3 Å². The third-order valence-electron chi connectivity index (χ3n) is 7.00. The Morgan fingerprint density at radius 1 is 1.19 bits per heavy atom. The van der Waals surface area contributed by atoms with Gasteiger partial charge in [0, 0.05) is 22.6 Å². The van der Waals surface area contributed by atoms with E-state index in [0.717, 1.165) is 12.8 Å². The summed E-state index contributed by atoms with van der Waals surface area (Å²) < 4.78 is 5.71. The second-order valence-electron chi connectivity index (χ2n) is 8.69. The first kappa shape index (κ1) is 17.6. The van der Waals surface area contributed by atoms with Crippen LogP contribution in [0.3, 0.4) is 0 Å². The maximum absolute atomic E-state index is 13.0. The van der Waals surface area contributed by atoms with Crippen LogP contribution in [0, 0.1) is 11.3 Å². The molecule has 6 heteroatoms. The van der Waals surface area contributed by atoms with Gasteiger partial charge in [0.2, 0.25) is 0 Å². The molecule has 0 radical (unpaired) electrons. The second-order valence-corrected chi connectivity index (χ2v) is 8.69. The van der Waals surface area contributed by atoms with Crippen LogP contribution in [0.15, 0.2) is 6.07 Å². The Morgan fingerprint density at radius 2 is 1.88 bits per heavy atom. The minimum atomic E-state index is -0.931. The van der Waals surface area contributed by atoms with Crippen molar-refractivity contribution in [3.05, 3.63) is 22.8 Å². The highest BCUT2D eigenvalue weighted by atomic mass is 16.5. The average molecular weight is 362 g/mol. The molecule has 4 aliphatic rings. The van der Waals surface area contributed by atoms with Crippen molar-refractivity contribution in [1.82, 2.24) is 0 Å². The molecule has 6 nitrogen and oxygen atoms in total. The number of aromatic hydroxyl groups is 2. The molecule has 5 rings (SSSR count). The molecule has 2 fully saturated rings. The van der Waals surface area contributed by atoms with Crippen LogP contribution in [0.2, 0.25) is 0 Å². The Kier molecular flexibility index (Phi) is 3.80. The van der Waals surface area contributed by atoms with Crippen molar-refractivity contribution in [3.63, 3.8) is 0 Å². The molecular formula is C20H26O6. The number of esters is 1. The molecular weight excluding hydrogens is 336 g/mol. The van der Waals surface area contributed by atoms with Crippen LogP contribution in [0.5, 0.6) is 11.5 Å². The highest BCUT2D eigenvalue weighted by Gasteiger charge is 2.65. The SMILES string of the molecule is CC1(C)CCCC23C(=O)O[C@@H](CC12)c1cc(C(CO)CO)c(O)c(O)c13. The lowest BCUT2D eigenvalue weighted by molar-refractivity contribution is -0.185. The number of phenolic OH excluding ortho intramolecular Hbond substituents is 2. The summed E-state index contributed by atoms with van der Waals surface area (Å²) in [5, 5.41) is 40.5. The lowest BCUT2D eigenvalue weighted by Crippen LogP contribution is -2.59. The van der Waals surface area contributed by atoms with Crippen molar-refractivity contribution in [2.45, 2.75) is 57.0 Å². The molecule has 0 aromatic heterocycles. The molecule has 1 saturated heterocycles. The van der Waals surface area contributed by atoms with Crippen molar-refractivity contribution >= 4 is 5.97 Å². The number of hydrogen-bond acceptors (Lipinski definition) is 6. The van der Waals surface area contributed by atoms with Gasteiger partial charge < -0.3 is 25.2 Å². The minimum Gasteiger partial charge on any atom is -0.504 e. The van der Waals surface area contributed by atoms with Crippen LogP contribution in [0.1, 0.15) is 68.2 Å². The van der Waals surface area contributed by atoms with Gasteiger partial charge in [-0.05, 0) is 36.7 Å². The zero-order valence-corrected chi connectivity index (χ0v) is 15.2. The standard InChI is InChI=1S/C20H26O6/c1-19(2)4-3-5-20-14(19)7-13(26-18(20)25)12-6-11(10(8-21)9-22)16(23)17(24)15(12)20/h6,10,13-14,21-24H,3-5,7-9H2,1-2H3/t13-,14?,20?/m0/s1. The molecule has 2 heterocycles. The molecule has 142 valence electrons. The Morgan fingerprint density at radius 3 is 2.54 bits per heavy atom. The molecule has 2 aliphatic heterocycles. The molecule has 1 spiro atoms. The fourth-order valence-corrected chi connectivity index (χ4v) is 5.68. The van der Waals surface area contributed by atoms with Crippen molar-refractivity contribution in [1.29, 1.82) is 0 Å². The predicted octanol–water partition coefficient (Wildman–Crippen LogP) is 2.23. The molecule has 4 N–H and O–H groups in total. The summed E-state index contributed by atoms with van der Waals surface area (Å²) in [5.74, 6) is -1.60. The molecule has 1 aromatic rings. The summed E-state index contributed by atoms with van der Waals surface area (Å²) in [6, 6.07) is 1.69. The number of aliphatic hydroxyl groups excluding tert-OH is 2. The lowest BCUT2D eigenvalue weighted by Gasteiger charge is -2.58. The average Bonchev–Trinajstić information content (AvgIpc) is 2.59. The molecule has 3 atom stereocenters. The number of ether oxygens (including phenoxy) is 1. The fraction of sp³-hybridized carbons (Fsp3) is 0.650. The summed E-state index contributed by atoms with van der Waals surface area (Å²) >= 11 is 0. The first-order chi connectivity index (χ1) is 12.3. The quantitative estimate of drug-likeness (QED) is 0.485. The number of carbonyl (C=O) groups excluding carboxylic acids is 1. The Balaban J connectivity index is 1.97. The zero-order valence-electron chi connectivity index (χ0n) is 15.2. The van der Waals surface area contributed by atoms with Crippen LogP contribution in [0.25, 0.3) is 0 Å². The number of carbonyl (C=O) groups is 1. The Bertz CT molecular complexity index is 766. The third-order valence-corrected chi connectivity index (χ3v) is 7.00. The normalized spacial score (nSPS) is 31.5. The van der Waals surface area contributed by atoms with Gasteiger partial charge in [0.1, 0.15) is 11.5 Å². The number of hydrogen-bond donors (Lipinski definition) is 4. The van der Waals surface area contributed by atoms with E-state index in [0.29, 0.717) is 24.0 Å². The van der Waals surface area contributed by atoms with E-state index >= 15 is 0 Å². The number of rotatable bonds is 3. The van der Waals surface area contributed by atoms with Crippen LogP contribution in [0.4, 0.5) is 0 Å². The van der Waals surface area contributed by atoms with E-state index in [2.05, 4.69) is 13.8 Å². The lowest BCUT2D eigenvalue weighted by atomic mass is 9.47. The van der Waals surface area contributed by atoms with Gasteiger partial charge >= 0.3 is 5.97 Å². The molecule has 26 heavy (non-hydrogen) atoms. The van der Waals surface area contributed by atoms with Gasteiger partial charge in [-0.15, -0.1) is 0 Å². The topological polar surface area (TPSA) is 107 Å². The second kappa shape index (κ2) is 5.60. The number of benzene rings is 1. The first-order valence-electron chi connectivity index (χ1n) is 9.30. The predicted molar refractivity (Wildman–Crippen MR) is 92.9 cm³/mol. The summed E-state index contributed by atoms with van der Waals surface area (Å²) in [7, 11) is 0. The maximum atomic E-state index is 13.0. The van der Waals surface area contributed by atoms with Gasteiger partial charge in [0.05, 0.1) is 13.2 Å². The van der Waals surface area contributed by atoms with E-state index in [9.17, 15) is 25.2 Å². The van der Waals surface area contributed by atoms with Crippen molar-refractivity contribution in [3.8, 4) is 11.5 Å². The molecule has 1 aromatic carbocycles.